The monoisotopic (exact) mass is 471 g/mol. The van der Waals surface area contributed by atoms with Crippen molar-refractivity contribution >= 4 is 33.2 Å². The normalized spacial score (nSPS) is 17.9. The molecule has 2 aromatic heterocycles. The van der Waals surface area contributed by atoms with Gasteiger partial charge >= 0.3 is 0 Å². The van der Waals surface area contributed by atoms with Crippen molar-refractivity contribution in [1.82, 2.24) is 14.9 Å². The van der Waals surface area contributed by atoms with E-state index in [1.54, 1.807) is 7.11 Å². The van der Waals surface area contributed by atoms with Gasteiger partial charge in [0.1, 0.15) is 5.75 Å². The van der Waals surface area contributed by atoms with Crippen LogP contribution in [0.5, 0.6) is 5.75 Å². The number of anilines is 2. The smallest absolute Gasteiger partial charge is 0.213 e. The molecule has 0 radical (unpaired) electrons. The van der Waals surface area contributed by atoms with Crippen LogP contribution in [-0.4, -0.2) is 67.3 Å². The van der Waals surface area contributed by atoms with E-state index >= 15 is 0 Å². The molecule has 0 bridgehead atoms. The van der Waals surface area contributed by atoms with Crippen LogP contribution in [0.3, 0.4) is 0 Å². The van der Waals surface area contributed by atoms with Crippen molar-refractivity contribution in [2.75, 3.05) is 56.2 Å². The van der Waals surface area contributed by atoms with Gasteiger partial charge in [0.25, 0.3) is 0 Å². The summed E-state index contributed by atoms with van der Waals surface area (Å²) in [6, 6.07) is 18.2. The minimum absolute atomic E-state index is 0.420. The third-order valence-corrected chi connectivity index (χ3v) is 7.54. The zero-order valence-electron chi connectivity index (χ0n) is 20.0. The molecule has 2 saturated heterocycles. The van der Waals surface area contributed by atoms with Gasteiger partial charge in [0.05, 0.1) is 29.5 Å². The quantitative estimate of drug-likeness (QED) is 0.401. The van der Waals surface area contributed by atoms with E-state index in [2.05, 4.69) is 48.9 Å². The molecular weight excluding hydrogens is 441 g/mol. The Hall–Kier alpha value is -3.45. The molecule has 0 spiro atoms. The highest BCUT2D eigenvalue weighted by atomic mass is 19.1. The van der Waals surface area contributed by atoms with Gasteiger partial charge in [-0.2, -0.15) is 4.39 Å². The topological polar surface area (TPSA) is 44.7 Å². The van der Waals surface area contributed by atoms with E-state index < -0.39 is 5.95 Å². The molecule has 2 aliphatic rings. The number of piperazine rings is 1. The second-order valence-corrected chi connectivity index (χ2v) is 9.45. The van der Waals surface area contributed by atoms with Gasteiger partial charge in [0.15, 0.2) is 0 Å². The highest BCUT2D eigenvalue weighted by molar-refractivity contribution is 5.92. The van der Waals surface area contributed by atoms with E-state index in [1.807, 2.05) is 30.5 Å². The van der Waals surface area contributed by atoms with Gasteiger partial charge in [-0.15, -0.1) is 0 Å². The first kappa shape index (κ1) is 22.0. The molecule has 0 aliphatic carbocycles. The number of piperidine rings is 1. The van der Waals surface area contributed by atoms with Crippen LogP contribution in [0, 0.1) is 5.95 Å². The zero-order chi connectivity index (χ0) is 23.8. The number of ether oxygens (including phenoxy) is 1. The summed E-state index contributed by atoms with van der Waals surface area (Å²) in [6.07, 6.45) is 4.08. The van der Waals surface area contributed by atoms with Crippen molar-refractivity contribution in [3.8, 4) is 5.75 Å². The van der Waals surface area contributed by atoms with Gasteiger partial charge in [-0.1, -0.05) is 18.2 Å². The molecule has 2 aromatic carbocycles. The average Bonchev–Trinajstić information content (AvgIpc) is 2.92. The predicted octanol–water partition coefficient (Wildman–Crippen LogP) is 4.72. The molecule has 0 saturated carbocycles. The summed E-state index contributed by atoms with van der Waals surface area (Å²) in [5, 5.41) is 2.10. The van der Waals surface area contributed by atoms with Gasteiger partial charge in [0.2, 0.25) is 5.95 Å². The SMILES string of the molecule is COc1cc(N2CCN(C3CCN(c4cccc5ccc(F)nc45)CC3)CC2)c2ncccc2c1. The van der Waals surface area contributed by atoms with Crippen molar-refractivity contribution in [2.24, 2.45) is 0 Å². The highest BCUT2D eigenvalue weighted by Gasteiger charge is 2.29. The average molecular weight is 472 g/mol. The molecule has 0 N–H and O–H groups in total. The third kappa shape index (κ3) is 4.25. The summed E-state index contributed by atoms with van der Waals surface area (Å²) in [4.78, 5) is 16.3. The lowest BCUT2D eigenvalue weighted by Gasteiger charge is -2.44. The fourth-order valence-electron chi connectivity index (χ4n) is 5.67. The summed E-state index contributed by atoms with van der Waals surface area (Å²) in [6.45, 7) is 5.96. The van der Waals surface area contributed by atoms with Crippen molar-refractivity contribution < 1.29 is 9.13 Å². The van der Waals surface area contributed by atoms with Crippen molar-refractivity contribution in [2.45, 2.75) is 18.9 Å². The highest BCUT2D eigenvalue weighted by Crippen LogP contribution is 2.33. The molecule has 2 fully saturated rings. The Bertz CT molecular complexity index is 1350. The largest absolute Gasteiger partial charge is 0.497 e. The molecule has 35 heavy (non-hydrogen) atoms. The van der Waals surface area contributed by atoms with Crippen molar-refractivity contribution in [1.29, 1.82) is 0 Å². The number of methoxy groups -OCH3 is 1. The van der Waals surface area contributed by atoms with E-state index in [0.29, 0.717) is 6.04 Å². The van der Waals surface area contributed by atoms with Crippen LogP contribution >= 0.6 is 0 Å². The Morgan fingerprint density at radius 3 is 2.37 bits per heavy atom. The van der Waals surface area contributed by atoms with Gasteiger partial charge in [-0.25, -0.2) is 4.98 Å². The van der Waals surface area contributed by atoms with Crippen LogP contribution in [0.1, 0.15) is 12.8 Å². The summed E-state index contributed by atoms with van der Waals surface area (Å²) in [7, 11) is 1.72. The Labute approximate surface area is 204 Å². The van der Waals surface area contributed by atoms with Crippen molar-refractivity contribution in [3.05, 3.63) is 66.7 Å². The lowest BCUT2D eigenvalue weighted by atomic mass is 10.0. The number of halogens is 1. The fraction of sp³-hybridized carbons (Fsp3) is 0.357. The summed E-state index contributed by atoms with van der Waals surface area (Å²) in [5.74, 6) is 0.454. The minimum Gasteiger partial charge on any atom is -0.497 e. The maximum absolute atomic E-state index is 13.8. The number of fused-ring (bicyclic) bond motifs is 2. The molecule has 180 valence electrons. The molecule has 2 aliphatic heterocycles. The molecule has 6 nitrogen and oxygen atoms in total. The van der Waals surface area contributed by atoms with Crippen LogP contribution in [0.15, 0.2) is 60.8 Å². The van der Waals surface area contributed by atoms with E-state index in [0.717, 1.165) is 91.0 Å². The predicted molar refractivity (Wildman–Crippen MR) is 139 cm³/mol. The molecule has 4 heterocycles. The number of benzene rings is 2. The lowest BCUT2D eigenvalue weighted by Crippen LogP contribution is -2.53. The maximum atomic E-state index is 13.8. The number of hydrogen-bond donors (Lipinski definition) is 0. The number of hydrogen-bond acceptors (Lipinski definition) is 6. The summed E-state index contributed by atoms with van der Waals surface area (Å²) in [5.41, 5.74) is 4.00. The standard InChI is InChI=1S/C28H30FN5O/c1-35-23-18-21-5-3-11-30-27(21)25(19-23)34-16-14-32(15-17-34)22-9-12-33(13-10-22)24-6-2-4-20-7-8-26(29)31-28(20)24/h2-8,11,18-19,22H,9-10,12-17H2,1H3. The lowest BCUT2D eigenvalue weighted by molar-refractivity contribution is 0.160. The molecule has 0 atom stereocenters. The Morgan fingerprint density at radius 1 is 0.800 bits per heavy atom. The molecule has 7 heteroatoms. The van der Waals surface area contributed by atoms with Crippen LogP contribution in [0.2, 0.25) is 0 Å². The minimum atomic E-state index is -0.420. The van der Waals surface area contributed by atoms with E-state index in [-0.39, 0.29) is 0 Å². The summed E-state index contributed by atoms with van der Waals surface area (Å²) < 4.78 is 19.4. The molecule has 0 unspecified atom stereocenters. The molecule has 4 aromatic rings. The Balaban J connectivity index is 1.12. The van der Waals surface area contributed by atoms with Gasteiger partial charge < -0.3 is 14.5 Å². The first-order valence-electron chi connectivity index (χ1n) is 12.4. The van der Waals surface area contributed by atoms with Gasteiger partial charge in [-0.3, -0.25) is 9.88 Å². The van der Waals surface area contributed by atoms with Gasteiger partial charge in [-0.05, 0) is 43.2 Å². The number of pyridine rings is 2. The van der Waals surface area contributed by atoms with Crippen LogP contribution in [0.4, 0.5) is 15.8 Å². The fourth-order valence-corrected chi connectivity index (χ4v) is 5.67. The Kier molecular flexibility index (Phi) is 5.86. The number of para-hydroxylation sites is 1. The van der Waals surface area contributed by atoms with E-state index in [1.165, 1.54) is 6.07 Å². The third-order valence-electron chi connectivity index (χ3n) is 7.54. The molecule has 6 rings (SSSR count). The first-order chi connectivity index (χ1) is 17.2. The van der Waals surface area contributed by atoms with Gasteiger partial charge in [0, 0.05) is 68.3 Å². The second kappa shape index (κ2) is 9.30. The first-order valence-corrected chi connectivity index (χ1v) is 12.4. The zero-order valence-corrected chi connectivity index (χ0v) is 20.0. The molecular formula is C28H30FN5O. The summed E-state index contributed by atoms with van der Waals surface area (Å²) >= 11 is 0. The number of aromatic nitrogens is 2. The van der Waals surface area contributed by atoms with Crippen LogP contribution in [0.25, 0.3) is 21.8 Å². The second-order valence-electron chi connectivity index (χ2n) is 9.45. The van der Waals surface area contributed by atoms with E-state index in [4.69, 9.17) is 4.74 Å². The Morgan fingerprint density at radius 2 is 1.57 bits per heavy atom. The van der Waals surface area contributed by atoms with E-state index in [9.17, 15) is 4.39 Å². The number of nitrogens with zero attached hydrogens (tertiary/aromatic N) is 5. The maximum Gasteiger partial charge on any atom is 0.213 e. The van der Waals surface area contributed by atoms with Crippen LogP contribution < -0.4 is 14.5 Å². The molecule has 0 amide bonds. The number of rotatable bonds is 4. The van der Waals surface area contributed by atoms with Crippen molar-refractivity contribution in [3.63, 3.8) is 0 Å². The van der Waals surface area contributed by atoms with Crippen LogP contribution in [-0.2, 0) is 0 Å².